The van der Waals surface area contributed by atoms with Crippen molar-refractivity contribution >= 4 is 17.8 Å². The van der Waals surface area contributed by atoms with Crippen LogP contribution < -0.4 is 10.2 Å². The van der Waals surface area contributed by atoms with Crippen molar-refractivity contribution in [3.05, 3.63) is 25.3 Å². The van der Waals surface area contributed by atoms with Crippen LogP contribution >= 0.6 is 0 Å². The minimum Gasteiger partial charge on any atom is -0.862 e. The number of aliphatic carboxylic acids is 1. The van der Waals surface area contributed by atoms with E-state index in [0.717, 1.165) is 38.8 Å². The Labute approximate surface area is 164 Å². The molecule has 0 atom stereocenters. The maximum absolute atomic E-state index is 10.5. The van der Waals surface area contributed by atoms with Gasteiger partial charge < -0.3 is 25.3 Å². The van der Waals surface area contributed by atoms with Gasteiger partial charge in [0.15, 0.2) is 0 Å². The summed E-state index contributed by atoms with van der Waals surface area (Å²) >= 11 is 0. The first-order valence-corrected chi connectivity index (χ1v) is 8.23. The van der Waals surface area contributed by atoms with E-state index in [1.54, 1.807) is 0 Å². The van der Waals surface area contributed by atoms with Gasteiger partial charge in [-0.15, -0.1) is 13.2 Å². The Bertz CT molecular complexity index is 385. The van der Waals surface area contributed by atoms with Gasteiger partial charge in [-0.05, 0) is 57.2 Å². The Kier molecular flexibility index (Phi) is 23.3. The van der Waals surface area contributed by atoms with Crippen molar-refractivity contribution in [1.29, 1.82) is 0 Å². The topological polar surface area (TPSA) is 108 Å². The Balaban J connectivity index is -0.000000275. The Morgan fingerprint density at radius 2 is 1.24 bits per heavy atom. The predicted molar refractivity (Wildman–Crippen MR) is 95.2 cm³/mol. The van der Waals surface area contributed by atoms with E-state index in [4.69, 9.17) is 5.11 Å². The number of carboxylic acids is 1. The summed E-state index contributed by atoms with van der Waals surface area (Å²) in [6, 6.07) is 0. The quantitative estimate of drug-likeness (QED) is 0.410. The van der Waals surface area contributed by atoms with Gasteiger partial charge in [-0.1, -0.05) is 19.4 Å². The molecule has 0 aromatic heterocycles. The number of carbonyl (C=O) groups is 1. The third-order valence-electron chi connectivity index (χ3n) is 3.04. The Morgan fingerprint density at radius 1 is 0.920 bits per heavy atom. The van der Waals surface area contributed by atoms with Crippen molar-refractivity contribution in [3.63, 3.8) is 0 Å². The van der Waals surface area contributed by atoms with Crippen LogP contribution in [-0.2, 0) is 24.3 Å². The molecule has 0 aromatic rings. The molecule has 2 rings (SSSR count). The third kappa shape index (κ3) is 22.5. The number of carboxylic acid groups (broad SMARTS) is 1. The summed E-state index contributed by atoms with van der Waals surface area (Å²) in [7, 11) is 0. The van der Waals surface area contributed by atoms with Gasteiger partial charge in [0.1, 0.15) is 0 Å². The molecule has 2 aliphatic rings. The predicted octanol–water partition coefficient (Wildman–Crippen LogP) is 2.09. The van der Waals surface area contributed by atoms with Gasteiger partial charge in [0.05, 0.1) is 0 Å². The van der Waals surface area contributed by atoms with Crippen molar-refractivity contribution in [2.75, 3.05) is 13.1 Å². The van der Waals surface area contributed by atoms with Crippen LogP contribution in [0.5, 0.6) is 0 Å². The van der Waals surface area contributed by atoms with E-state index in [1.165, 1.54) is 19.8 Å². The smallest absolute Gasteiger partial charge is 0.862 e. The molecule has 0 radical (unpaired) electrons. The molecule has 25 heavy (non-hydrogen) atoms. The molecule has 2 aliphatic heterocycles. The second-order valence-electron chi connectivity index (χ2n) is 5.26. The average Bonchev–Trinajstić information content (AvgIpc) is 2.94. The van der Waals surface area contributed by atoms with E-state index in [2.05, 4.69) is 29.7 Å². The molecule has 6 nitrogen and oxygen atoms in total. The van der Waals surface area contributed by atoms with E-state index in [-0.39, 0.29) is 36.8 Å². The number of hydrogen-bond donors (Lipinski definition) is 1. The molecule has 0 bridgehead atoms. The first kappa shape index (κ1) is 28.3. The molecule has 0 fully saturated rings. The largest absolute Gasteiger partial charge is 2.00 e. The normalized spacial score (nSPS) is 15.9. The van der Waals surface area contributed by atoms with Gasteiger partial charge in [-0.3, -0.25) is 0 Å². The van der Waals surface area contributed by atoms with Crippen LogP contribution in [0, 0.1) is 0 Å². The van der Waals surface area contributed by atoms with E-state index < -0.39 is 5.97 Å². The summed E-state index contributed by atoms with van der Waals surface area (Å²) in [6.07, 6.45) is 8.01. The zero-order chi connectivity index (χ0) is 18.8. The summed E-state index contributed by atoms with van der Waals surface area (Å²) < 4.78 is 0. The van der Waals surface area contributed by atoms with Crippen molar-refractivity contribution in [3.8, 4) is 0 Å². The maximum atomic E-state index is 10.5. The monoisotopic (exact) mass is 402 g/mol. The molecule has 7 heteroatoms. The van der Waals surface area contributed by atoms with Crippen molar-refractivity contribution < 1.29 is 39.6 Å². The van der Waals surface area contributed by atoms with E-state index in [0.29, 0.717) is 12.8 Å². The molecule has 2 heterocycles. The summed E-state index contributed by atoms with van der Waals surface area (Å²) in [5.74, 6) is -0.736. The molecule has 0 saturated heterocycles. The second-order valence-corrected chi connectivity index (χ2v) is 5.26. The molecule has 0 amide bonds. The SMILES string of the molecule is C=C.C=C(C)C(=O)O.[O-]C1=NCCCCC1.[O-]C1=NCCCCC1.[Zn+2]. The van der Waals surface area contributed by atoms with Gasteiger partial charge in [-0.25, -0.2) is 4.79 Å². The summed E-state index contributed by atoms with van der Waals surface area (Å²) in [5, 5.41) is 28.9. The fourth-order valence-electron chi connectivity index (χ4n) is 1.70. The molecule has 0 aliphatic carbocycles. The Hall–Kier alpha value is -1.49. The average molecular weight is 404 g/mol. The zero-order valence-corrected chi connectivity index (χ0v) is 18.4. The standard InChI is InChI=1S/2C6H11NO.C4H6O2.C2H4.Zn/c2*8-6-4-2-1-3-5-7-6;1-3(2)4(5)6;1-2;/h2*1-5H2,(H,7,8);1H2,2H3,(H,5,6);1-2H2;/q;;;;+2/p-2. The first-order chi connectivity index (χ1) is 11.4. The number of hydrogen-bond acceptors (Lipinski definition) is 5. The van der Waals surface area contributed by atoms with Crippen LogP contribution in [0.15, 0.2) is 35.3 Å². The van der Waals surface area contributed by atoms with Crippen LogP contribution in [0.25, 0.3) is 0 Å². The summed E-state index contributed by atoms with van der Waals surface area (Å²) in [6.45, 7) is 12.1. The van der Waals surface area contributed by atoms with Crippen molar-refractivity contribution in [2.45, 2.75) is 58.3 Å². The number of rotatable bonds is 1. The van der Waals surface area contributed by atoms with Crippen LogP contribution in [0.2, 0.25) is 0 Å². The van der Waals surface area contributed by atoms with Crippen LogP contribution in [0.1, 0.15) is 58.3 Å². The molecule has 0 saturated carbocycles. The van der Waals surface area contributed by atoms with Crippen LogP contribution in [0.3, 0.4) is 0 Å². The molecule has 1 N–H and O–H groups in total. The van der Waals surface area contributed by atoms with Gasteiger partial charge >= 0.3 is 25.4 Å². The fourth-order valence-corrected chi connectivity index (χ4v) is 1.70. The second kappa shape index (κ2) is 20.6. The third-order valence-corrected chi connectivity index (χ3v) is 3.04. The van der Waals surface area contributed by atoms with Gasteiger partial charge in [0.25, 0.3) is 0 Å². The molecule has 0 spiro atoms. The molecular formula is C18H30N2O4Zn. The van der Waals surface area contributed by atoms with Gasteiger partial charge in [-0.2, -0.15) is 0 Å². The molecular weight excluding hydrogens is 374 g/mol. The summed E-state index contributed by atoms with van der Waals surface area (Å²) in [4.78, 5) is 17.2. The summed E-state index contributed by atoms with van der Waals surface area (Å²) in [5.41, 5.74) is 0.176. The Morgan fingerprint density at radius 3 is 1.52 bits per heavy atom. The molecule has 0 aromatic carbocycles. The van der Waals surface area contributed by atoms with Crippen LogP contribution in [0.4, 0.5) is 0 Å². The van der Waals surface area contributed by atoms with Crippen molar-refractivity contribution in [2.24, 2.45) is 9.98 Å². The number of nitrogens with zero attached hydrogens (tertiary/aromatic N) is 2. The van der Waals surface area contributed by atoms with E-state index in [9.17, 15) is 15.0 Å². The van der Waals surface area contributed by atoms with E-state index in [1.807, 2.05) is 0 Å². The van der Waals surface area contributed by atoms with E-state index >= 15 is 0 Å². The minimum absolute atomic E-state index is 0. The molecule has 0 unspecified atom stereocenters. The van der Waals surface area contributed by atoms with Crippen LogP contribution in [-0.4, -0.2) is 36.0 Å². The molecule has 138 valence electrons. The van der Waals surface area contributed by atoms with Gasteiger partial charge in [0, 0.05) is 18.7 Å². The maximum Gasteiger partial charge on any atom is 2.00 e. The van der Waals surface area contributed by atoms with Gasteiger partial charge in [0.2, 0.25) is 0 Å². The number of aliphatic imine (C=N–C) groups is 2. The minimum atomic E-state index is -0.935. The zero-order valence-electron chi connectivity index (χ0n) is 15.5. The fraction of sp³-hybridized carbons (Fsp3) is 0.611. The first-order valence-electron chi connectivity index (χ1n) is 8.23. The van der Waals surface area contributed by atoms with Crippen molar-refractivity contribution in [1.82, 2.24) is 0 Å².